The summed E-state index contributed by atoms with van der Waals surface area (Å²) >= 11 is 0. The number of anilines is 1. The van der Waals surface area contributed by atoms with Crippen LogP contribution in [0.3, 0.4) is 0 Å². The van der Waals surface area contributed by atoms with Gasteiger partial charge >= 0.3 is 11.8 Å². The minimum absolute atomic E-state index is 0.0596. The number of carbonyl (C=O) groups is 1. The summed E-state index contributed by atoms with van der Waals surface area (Å²) in [6.45, 7) is 8.46. The van der Waals surface area contributed by atoms with Gasteiger partial charge in [0.2, 0.25) is 5.95 Å². The van der Waals surface area contributed by atoms with Crippen molar-refractivity contribution >= 4 is 34.1 Å². The number of benzene rings is 2. The molecular weight excluding hydrogens is 596 g/mol. The van der Waals surface area contributed by atoms with Crippen molar-refractivity contribution in [3.05, 3.63) is 81.1 Å². The number of nitrogens with one attached hydrogen (secondary N) is 1. The lowest BCUT2D eigenvalue weighted by atomic mass is 10.1. The molecule has 0 radical (unpaired) electrons. The molecule has 0 aliphatic carbocycles. The Balaban J connectivity index is 1.43. The first-order chi connectivity index (χ1) is 22.5. The zero-order valence-electron chi connectivity index (χ0n) is 27.3. The number of aryl methyl sites for hydroxylation is 1. The van der Waals surface area contributed by atoms with E-state index in [1.807, 2.05) is 80.3 Å². The van der Waals surface area contributed by atoms with Crippen molar-refractivity contribution in [2.45, 2.75) is 65.3 Å². The Morgan fingerprint density at radius 1 is 1.02 bits per heavy atom. The van der Waals surface area contributed by atoms with Crippen LogP contribution in [-0.4, -0.2) is 59.5 Å². The molecule has 1 saturated heterocycles. The van der Waals surface area contributed by atoms with Gasteiger partial charge in [0.25, 0.3) is 5.56 Å². The van der Waals surface area contributed by atoms with Crippen LogP contribution in [0.15, 0.2) is 64.2 Å². The van der Waals surface area contributed by atoms with Gasteiger partial charge in [-0.3, -0.25) is 18.5 Å². The Kier molecular flexibility index (Phi) is 8.56. The highest BCUT2D eigenvalue weighted by Crippen LogP contribution is 2.25. The summed E-state index contributed by atoms with van der Waals surface area (Å²) in [6, 6.07) is 17.0. The lowest BCUT2D eigenvalue weighted by Crippen LogP contribution is -2.49. The minimum Gasteiger partial charge on any atom is -0.444 e. The number of piperidine rings is 1. The number of amides is 1. The van der Waals surface area contributed by atoms with Crippen LogP contribution in [0.25, 0.3) is 33.5 Å². The maximum absolute atomic E-state index is 14.3. The predicted molar refractivity (Wildman–Crippen MR) is 181 cm³/mol. The number of aromatic nitrogens is 6. The first kappa shape index (κ1) is 31.5. The average Bonchev–Trinajstić information content (AvgIpc) is 3.44. The van der Waals surface area contributed by atoms with E-state index in [2.05, 4.69) is 17.2 Å². The first-order valence-corrected chi connectivity index (χ1v) is 15.7. The molecule has 6 rings (SSSR count). The highest BCUT2D eigenvalue weighted by atomic mass is 16.6. The number of alkyl carbamates (subject to hydrolysis) is 1. The van der Waals surface area contributed by atoms with Crippen molar-refractivity contribution in [1.82, 2.24) is 34.0 Å². The zero-order chi connectivity index (χ0) is 33.3. The van der Waals surface area contributed by atoms with Crippen LogP contribution in [0.2, 0.25) is 0 Å². The summed E-state index contributed by atoms with van der Waals surface area (Å²) in [7, 11) is 1.61. The second-order valence-electron chi connectivity index (χ2n) is 12.6. The fourth-order valence-electron chi connectivity index (χ4n) is 5.93. The molecule has 12 heteroatoms. The van der Waals surface area contributed by atoms with Gasteiger partial charge in [0.1, 0.15) is 5.60 Å². The van der Waals surface area contributed by atoms with Crippen molar-refractivity contribution in [3.8, 4) is 23.2 Å². The van der Waals surface area contributed by atoms with Crippen molar-refractivity contribution < 1.29 is 9.53 Å². The molecule has 4 heterocycles. The molecule has 3 aromatic heterocycles. The van der Waals surface area contributed by atoms with Gasteiger partial charge in [-0.15, -0.1) is 5.92 Å². The Morgan fingerprint density at radius 2 is 1.77 bits per heavy atom. The molecule has 242 valence electrons. The van der Waals surface area contributed by atoms with E-state index >= 15 is 0 Å². The largest absolute Gasteiger partial charge is 0.444 e. The normalized spacial score (nSPS) is 15.0. The van der Waals surface area contributed by atoms with Crippen LogP contribution >= 0.6 is 0 Å². The molecule has 1 aliphatic heterocycles. The molecule has 12 nitrogen and oxygen atoms in total. The number of hydrogen-bond donors (Lipinski definition) is 1. The number of carbonyl (C=O) groups excluding carboxylic acids is 1. The highest BCUT2D eigenvalue weighted by molar-refractivity contribution is 5.83. The summed E-state index contributed by atoms with van der Waals surface area (Å²) in [4.78, 5) is 57.2. The van der Waals surface area contributed by atoms with Crippen LogP contribution < -0.4 is 21.5 Å². The van der Waals surface area contributed by atoms with Crippen LogP contribution in [-0.2, 0) is 24.9 Å². The smallest absolute Gasteiger partial charge is 0.407 e. The van der Waals surface area contributed by atoms with Crippen LogP contribution in [0, 0.1) is 11.8 Å². The zero-order valence-corrected chi connectivity index (χ0v) is 27.3. The number of ether oxygens (including phenoxy) is 1. The van der Waals surface area contributed by atoms with Gasteiger partial charge in [-0.1, -0.05) is 54.5 Å². The minimum atomic E-state index is -0.614. The van der Waals surface area contributed by atoms with E-state index in [0.717, 1.165) is 23.8 Å². The molecule has 0 spiro atoms. The molecule has 1 aliphatic rings. The maximum atomic E-state index is 14.3. The third-order valence-corrected chi connectivity index (χ3v) is 8.07. The van der Waals surface area contributed by atoms with E-state index in [0.29, 0.717) is 36.1 Å². The predicted octanol–water partition coefficient (Wildman–Crippen LogP) is 4.07. The third-order valence-electron chi connectivity index (χ3n) is 8.07. The summed E-state index contributed by atoms with van der Waals surface area (Å²) in [6.07, 6.45) is 1.08. The molecular formula is C35H38N8O4. The monoisotopic (exact) mass is 634 g/mol. The number of para-hydroxylation sites is 1. The van der Waals surface area contributed by atoms with Gasteiger partial charge in [-0.25, -0.2) is 19.6 Å². The second kappa shape index (κ2) is 12.7. The van der Waals surface area contributed by atoms with Gasteiger partial charge < -0.3 is 15.0 Å². The molecule has 0 saturated carbocycles. The Morgan fingerprint density at radius 3 is 2.51 bits per heavy atom. The standard InChI is InChI=1S/C35H38N8O4/c1-6-7-20-42-28-30(39-32(42)41-19-13-16-24(21-41)36-33(45)47-35(2,3)4)40(5)34(46)43(31(28)44)22-27-25-17-11-12-18-26(25)37-29(38-27)23-14-9-8-10-15-23/h8-12,14-15,17-18,24H,13,16,19-22H2,1-5H3,(H,36,45). The average molecular weight is 635 g/mol. The molecule has 1 fully saturated rings. The SMILES string of the molecule is CC#CCn1c(N2CCCC(NC(=O)OC(C)(C)C)C2)nc2c1c(=O)n(Cc1nc(-c3ccccc3)nc3ccccc13)c(=O)n2C. The van der Waals surface area contributed by atoms with Crippen molar-refractivity contribution in [1.29, 1.82) is 0 Å². The van der Waals surface area contributed by atoms with E-state index in [4.69, 9.17) is 19.7 Å². The molecule has 47 heavy (non-hydrogen) atoms. The Hall–Kier alpha value is -5.44. The number of nitrogens with zero attached hydrogens (tertiary/aromatic N) is 7. The molecule has 5 aromatic rings. The maximum Gasteiger partial charge on any atom is 0.407 e. The van der Waals surface area contributed by atoms with Gasteiger partial charge in [-0.05, 0) is 46.6 Å². The molecule has 1 N–H and O–H groups in total. The summed E-state index contributed by atoms with van der Waals surface area (Å²) in [5, 5.41) is 3.72. The van der Waals surface area contributed by atoms with Crippen LogP contribution in [0.1, 0.15) is 46.2 Å². The third kappa shape index (κ3) is 6.47. The van der Waals surface area contributed by atoms with Gasteiger partial charge in [-0.2, -0.15) is 4.98 Å². The molecule has 1 amide bonds. The Bertz CT molecular complexity index is 2150. The summed E-state index contributed by atoms with van der Waals surface area (Å²) in [5.74, 6) is 7.01. The molecule has 1 unspecified atom stereocenters. The molecule has 2 aromatic carbocycles. The lowest BCUT2D eigenvalue weighted by Gasteiger charge is -2.34. The summed E-state index contributed by atoms with van der Waals surface area (Å²) in [5.41, 5.74) is 1.04. The van der Waals surface area contributed by atoms with Crippen molar-refractivity contribution in [3.63, 3.8) is 0 Å². The first-order valence-electron chi connectivity index (χ1n) is 15.7. The molecule has 0 bridgehead atoms. The van der Waals surface area contributed by atoms with E-state index in [1.54, 1.807) is 18.5 Å². The number of rotatable bonds is 6. The molecule has 1 atom stereocenters. The Labute approximate surface area is 272 Å². The topological polar surface area (TPSA) is 129 Å². The number of fused-ring (bicyclic) bond motifs is 2. The van der Waals surface area contributed by atoms with Crippen LogP contribution in [0.4, 0.5) is 10.7 Å². The van der Waals surface area contributed by atoms with E-state index in [-0.39, 0.29) is 30.3 Å². The van der Waals surface area contributed by atoms with Crippen LogP contribution in [0.5, 0.6) is 0 Å². The quantitative estimate of drug-likeness (QED) is 0.277. The number of hydrogen-bond acceptors (Lipinski definition) is 8. The van der Waals surface area contributed by atoms with Gasteiger partial charge in [0.05, 0.1) is 24.3 Å². The van der Waals surface area contributed by atoms with E-state index < -0.39 is 22.9 Å². The lowest BCUT2D eigenvalue weighted by molar-refractivity contribution is 0.0499. The van der Waals surface area contributed by atoms with Crippen molar-refractivity contribution in [2.75, 3.05) is 18.0 Å². The van der Waals surface area contributed by atoms with Crippen molar-refractivity contribution in [2.24, 2.45) is 7.05 Å². The van der Waals surface area contributed by atoms with Gasteiger partial charge in [0.15, 0.2) is 17.0 Å². The fourth-order valence-corrected chi connectivity index (χ4v) is 5.93. The van der Waals surface area contributed by atoms with E-state index in [1.165, 1.54) is 9.13 Å². The number of imidazole rings is 1. The van der Waals surface area contributed by atoms with Gasteiger partial charge in [0, 0.05) is 37.1 Å². The van der Waals surface area contributed by atoms with E-state index in [9.17, 15) is 14.4 Å². The highest BCUT2D eigenvalue weighted by Gasteiger charge is 2.29. The summed E-state index contributed by atoms with van der Waals surface area (Å²) < 4.78 is 9.85. The second-order valence-corrected chi connectivity index (χ2v) is 12.6. The fraction of sp³-hybridized carbons (Fsp3) is 0.371.